The van der Waals surface area contributed by atoms with Gasteiger partial charge in [0.2, 0.25) is 10.4 Å². The van der Waals surface area contributed by atoms with E-state index in [1.165, 1.54) is 89.9 Å². The Morgan fingerprint density at radius 3 is 1.39 bits per heavy atom. The Labute approximate surface area is 302 Å². The van der Waals surface area contributed by atoms with Crippen molar-refractivity contribution in [2.75, 3.05) is 13.2 Å². The zero-order valence-electron chi connectivity index (χ0n) is 29.2. The molecule has 0 bridgehead atoms. The van der Waals surface area contributed by atoms with Crippen LogP contribution in [0.25, 0.3) is 0 Å². The van der Waals surface area contributed by atoms with Gasteiger partial charge in [0.1, 0.15) is 12.2 Å². The maximum Gasteiger partial charge on any atom is 1.00 e. The second kappa shape index (κ2) is 29.6. The van der Waals surface area contributed by atoms with Gasteiger partial charge in [0.15, 0.2) is 12.2 Å². The van der Waals surface area contributed by atoms with E-state index in [1.807, 2.05) is 0 Å². The van der Waals surface area contributed by atoms with Gasteiger partial charge in [0, 0.05) is 12.8 Å². The van der Waals surface area contributed by atoms with Gasteiger partial charge in [-0.25, -0.2) is 8.42 Å². The second-order valence-electron chi connectivity index (χ2n) is 12.6. The summed E-state index contributed by atoms with van der Waals surface area (Å²) in [5.74, 6) is -1.14. The van der Waals surface area contributed by atoms with Crippen molar-refractivity contribution >= 4 is 22.3 Å². The van der Waals surface area contributed by atoms with Crippen LogP contribution in [0.5, 0.6) is 0 Å². The molecule has 0 amide bonds. The van der Waals surface area contributed by atoms with Crippen LogP contribution in [0.4, 0.5) is 0 Å². The Balaban J connectivity index is 0.0000202. The summed E-state index contributed by atoms with van der Waals surface area (Å²) in [4.78, 5) is 25.4. The van der Waals surface area contributed by atoms with Crippen molar-refractivity contribution < 1.29 is 75.6 Å². The maximum absolute atomic E-state index is 12.7. The Morgan fingerprint density at radius 1 is 0.652 bits per heavy atom. The quantitative estimate of drug-likeness (QED) is 0.0393. The van der Waals surface area contributed by atoms with E-state index in [4.69, 9.17) is 14.2 Å². The summed E-state index contributed by atoms with van der Waals surface area (Å²) in [6.07, 6.45) is 19.7. The van der Waals surface area contributed by atoms with E-state index in [2.05, 4.69) is 18.0 Å². The molecule has 1 heterocycles. The van der Waals surface area contributed by atoms with E-state index < -0.39 is 53.4 Å². The molecule has 0 saturated carbocycles. The molecule has 46 heavy (non-hydrogen) atoms. The van der Waals surface area contributed by atoms with Crippen LogP contribution in [0, 0.1) is 0 Å². The van der Waals surface area contributed by atoms with E-state index in [0.717, 1.165) is 38.5 Å². The van der Waals surface area contributed by atoms with E-state index in [0.29, 0.717) is 12.8 Å². The van der Waals surface area contributed by atoms with Crippen LogP contribution >= 0.6 is 0 Å². The summed E-state index contributed by atoms with van der Waals surface area (Å²) in [6, 6.07) is 0. The molecule has 0 aromatic heterocycles. The molecular formula is C34H63NaO10S. The predicted molar refractivity (Wildman–Crippen MR) is 173 cm³/mol. The molecule has 0 radical (unpaired) electrons. The predicted octanol–water partition coefficient (Wildman–Crippen LogP) is 4.45. The number of carbonyl (C=O) groups is 2. The summed E-state index contributed by atoms with van der Waals surface area (Å²) in [7, 11) is -5.23. The average molecular weight is 687 g/mol. The summed E-state index contributed by atoms with van der Waals surface area (Å²) >= 11 is 0. The van der Waals surface area contributed by atoms with Gasteiger partial charge in [-0.15, -0.1) is 0 Å². The SMILES string of the molecule is CCCCCCCCCCCCCC(=O)O[C@H]1[C@H](OS(=O)(=O)[O-])[C@@H](CO)OC[C@@H]1OC(=O)CCCCCCCCCCCCC.[Na+]. The molecule has 1 N–H and O–H groups in total. The molecule has 0 aromatic carbocycles. The van der Waals surface area contributed by atoms with Crippen LogP contribution in [0.3, 0.4) is 0 Å². The first kappa shape index (κ1) is 45.7. The van der Waals surface area contributed by atoms with Crippen molar-refractivity contribution in [3.05, 3.63) is 0 Å². The molecule has 0 aliphatic carbocycles. The van der Waals surface area contributed by atoms with Gasteiger partial charge in [-0.05, 0) is 12.8 Å². The van der Waals surface area contributed by atoms with Crippen LogP contribution in [-0.2, 0) is 38.4 Å². The van der Waals surface area contributed by atoms with Crippen molar-refractivity contribution in [1.82, 2.24) is 0 Å². The average Bonchev–Trinajstić information content (AvgIpc) is 2.99. The molecular weight excluding hydrogens is 623 g/mol. The molecule has 266 valence electrons. The zero-order valence-corrected chi connectivity index (χ0v) is 32.0. The van der Waals surface area contributed by atoms with Gasteiger partial charge >= 0.3 is 41.5 Å². The Morgan fingerprint density at radius 2 is 1.02 bits per heavy atom. The van der Waals surface area contributed by atoms with E-state index in [9.17, 15) is 27.7 Å². The van der Waals surface area contributed by atoms with E-state index in [-0.39, 0.29) is 49.0 Å². The molecule has 0 unspecified atom stereocenters. The largest absolute Gasteiger partial charge is 1.00 e. The molecule has 0 spiro atoms. The minimum absolute atomic E-state index is 0. The van der Waals surface area contributed by atoms with Crippen LogP contribution in [0.2, 0.25) is 0 Å². The Kier molecular flexibility index (Phi) is 29.5. The number of hydrogen-bond donors (Lipinski definition) is 1. The minimum Gasteiger partial charge on any atom is -0.726 e. The van der Waals surface area contributed by atoms with Crippen molar-refractivity contribution in [3.8, 4) is 0 Å². The minimum atomic E-state index is -5.23. The van der Waals surface area contributed by atoms with Crippen LogP contribution in [0.1, 0.15) is 168 Å². The molecule has 1 rings (SSSR count). The number of aliphatic hydroxyl groups excluding tert-OH is 1. The van der Waals surface area contributed by atoms with Crippen LogP contribution < -0.4 is 29.6 Å². The Bertz CT molecular complexity index is 857. The van der Waals surface area contributed by atoms with E-state index >= 15 is 0 Å². The van der Waals surface area contributed by atoms with Crippen molar-refractivity contribution in [3.63, 3.8) is 0 Å². The number of rotatable bonds is 29. The molecule has 1 fully saturated rings. The van der Waals surface area contributed by atoms with Gasteiger partial charge in [0.25, 0.3) is 0 Å². The van der Waals surface area contributed by atoms with Gasteiger partial charge in [-0.1, -0.05) is 142 Å². The molecule has 1 aliphatic rings. The maximum atomic E-state index is 12.7. The molecule has 10 nitrogen and oxygen atoms in total. The number of esters is 2. The fourth-order valence-electron chi connectivity index (χ4n) is 5.79. The molecule has 12 heteroatoms. The molecule has 1 saturated heterocycles. The number of hydrogen-bond acceptors (Lipinski definition) is 10. The fourth-order valence-corrected chi connectivity index (χ4v) is 6.30. The van der Waals surface area contributed by atoms with Gasteiger partial charge < -0.3 is 23.9 Å². The van der Waals surface area contributed by atoms with Gasteiger partial charge in [0.05, 0.1) is 13.2 Å². The number of unbranched alkanes of at least 4 members (excludes halogenated alkanes) is 20. The third-order valence-corrected chi connectivity index (χ3v) is 8.92. The third kappa shape index (κ3) is 24.0. The first-order valence-corrected chi connectivity index (χ1v) is 19.3. The smallest absolute Gasteiger partial charge is 0.726 e. The van der Waals surface area contributed by atoms with Crippen molar-refractivity contribution in [2.45, 2.75) is 192 Å². The van der Waals surface area contributed by atoms with E-state index in [1.54, 1.807) is 0 Å². The normalized spacial score (nSPS) is 19.8. The first-order chi connectivity index (χ1) is 21.7. The summed E-state index contributed by atoms with van der Waals surface area (Å²) in [5.41, 5.74) is 0. The standard InChI is InChI=1S/C34H64O10S.Na/c1-3-5-7-9-11-13-15-17-19-21-23-25-31(36)42-30-28-41-29(27-35)34(44-45(38,39)40)33(30)43-32(37)26-24-22-20-18-16-14-12-10-8-6-4-2;/h29-30,33-35H,3-28H2,1-2H3,(H,38,39,40);/q;+1/p-1/t29-,30+,33-,34-;/m1./s1. The van der Waals surface area contributed by atoms with Crippen molar-refractivity contribution in [1.29, 1.82) is 0 Å². The number of aliphatic hydroxyl groups is 1. The number of carbonyl (C=O) groups excluding carboxylic acids is 2. The topological polar surface area (TPSA) is 148 Å². The molecule has 4 atom stereocenters. The molecule has 1 aliphatic heterocycles. The number of ether oxygens (including phenoxy) is 3. The summed E-state index contributed by atoms with van der Waals surface area (Å²) in [5, 5.41) is 9.71. The van der Waals surface area contributed by atoms with Crippen LogP contribution in [0.15, 0.2) is 0 Å². The second-order valence-corrected chi connectivity index (χ2v) is 13.6. The zero-order chi connectivity index (χ0) is 33.2. The van der Waals surface area contributed by atoms with Crippen LogP contribution in [-0.4, -0.2) is 67.6 Å². The Hall–Kier alpha value is -0.270. The van der Waals surface area contributed by atoms with Gasteiger partial charge in [-0.2, -0.15) is 0 Å². The van der Waals surface area contributed by atoms with Gasteiger partial charge in [-0.3, -0.25) is 13.8 Å². The summed E-state index contributed by atoms with van der Waals surface area (Å²) < 4.78 is 55.6. The molecule has 0 aromatic rings. The fraction of sp³-hybridized carbons (Fsp3) is 0.941. The summed E-state index contributed by atoms with van der Waals surface area (Å²) in [6.45, 7) is 3.52. The van der Waals surface area contributed by atoms with Crippen molar-refractivity contribution in [2.24, 2.45) is 0 Å². The third-order valence-electron chi connectivity index (χ3n) is 8.46. The monoisotopic (exact) mass is 686 g/mol. The first-order valence-electron chi connectivity index (χ1n) is 18.0.